The summed E-state index contributed by atoms with van der Waals surface area (Å²) < 4.78 is 2.17. The summed E-state index contributed by atoms with van der Waals surface area (Å²) in [6.07, 6.45) is 3.23. The van der Waals surface area contributed by atoms with Crippen molar-refractivity contribution in [3.8, 4) is 0 Å². The Balaban J connectivity index is 1.64. The number of hydrogen-bond donors (Lipinski definition) is 1. The van der Waals surface area contributed by atoms with Gasteiger partial charge in [-0.25, -0.2) is 4.98 Å². The molecule has 5 nitrogen and oxygen atoms in total. The molecule has 0 saturated carbocycles. The highest BCUT2D eigenvalue weighted by atomic mass is 16.1. The van der Waals surface area contributed by atoms with Crippen LogP contribution in [-0.2, 0) is 13.1 Å². The number of fused-ring (bicyclic) bond motifs is 1. The first-order chi connectivity index (χ1) is 13.2. The minimum Gasteiger partial charge on any atom is -0.345 e. The first-order valence-corrected chi connectivity index (χ1v) is 8.89. The van der Waals surface area contributed by atoms with Gasteiger partial charge in [0.2, 0.25) is 0 Å². The number of pyridine rings is 1. The molecule has 1 N–H and O–H groups in total. The molecule has 2 aromatic carbocycles. The fourth-order valence-corrected chi connectivity index (χ4v) is 3.16. The van der Waals surface area contributed by atoms with Crippen LogP contribution in [0.5, 0.6) is 0 Å². The second-order valence-corrected chi connectivity index (χ2v) is 6.45. The lowest BCUT2D eigenvalue weighted by atomic mass is 10.1. The number of aromatic nitrogens is 3. The maximum absolute atomic E-state index is 12.4. The smallest absolute Gasteiger partial charge is 0.251 e. The van der Waals surface area contributed by atoms with Crippen molar-refractivity contribution in [3.63, 3.8) is 0 Å². The summed E-state index contributed by atoms with van der Waals surface area (Å²) >= 11 is 0. The molecule has 0 saturated heterocycles. The van der Waals surface area contributed by atoms with Crippen molar-refractivity contribution in [2.75, 3.05) is 0 Å². The molecule has 0 bridgehead atoms. The summed E-state index contributed by atoms with van der Waals surface area (Å²) in [7, 11) is 0. The minimum atomic E-state index is -0.133. The van der Waals surface area contributed by atoms with Gasteiger partial charge in [-0.2, -0.15) is 0 Å². The molecule has 0 fully saturated rings. The van der Waals surface area contributed by atoms with Gasteiger partial charge in [0.15, 0.2) is 0 Å². The van der Waals surface area contributed by atoms with Crippen LogP contribution in [-0.4, -0.2) is 20.4 Å². The molecule has 0 spiro atoms. The Kier molecular flexibility index (Phi) is 4.66. The summed E-state index contributed by atoms with van der Waals surface area (Å²) in [5, 5.41) is 2.97. The quantitative estimate of drug-likeness (QED) is 0.593. The standard InChI is InChI=1S/C22H20N4O/c1-16-6-2-3-7-18(16)15-26-20-9-5-4-8-19(20)25-21(26)14-24-22(27)17-10-12-23-13-11-17/h2-13H,14-15H2,1H3,(H,24,27). The second kappa shape index (κ2) is 7.41. The number of carbonyl (C=O) groups excluding carboxylic acids is 1. The molecule has 0 unspecified atom stereocenters. The van der Waals surface area contributed by atoms with Crippen LogP contribution in [0.4, 0.5) is 0 Å². The first-order valence-electron chi connectivity index (χ1n) is 8.89. The zero-order valence-corrected chi connectivity index (χ0v) is 15.1. The number of benzene rings is 2. The molecule has 0 atom stereocenters. The largest absolute Gasteiger partial charge is 0.345 e. The van der Waals surface area contributed by atoms with E-state index in [9.17, 15) is 4.79 Å². The van der Waals surface area contributed by atoms with Gasteiger partial charge in [0, 0.05) is 24.5 Å². The van der Waals surface area contributed by atoms with E-state index >= 15 is 0 Å². The lowest BCUT2D eigenvalue weighted by Crippen LogP contribution is -2.25. The number of imidazole rings is 1. The van der Waals surface area contributed by atoms with Gasteiger partial charge in [-0.15, -0.1) is 0 Å². The molecule has 4 aromatic rings. The van der Waals surface area contributed by atoms with Crippen molar-refractivity contribution in [1.82, 2.24) is 19.9 Å². The Labute approximate surface area is 157 Å². The maximum atomic E-state index is 12.4. The Morgan fingerprint density at radius 1 is 1.00 bits per heavy atom. The first kappa shape index (κ1) is 17.0. The van der Waals surface area contributed by atoms with E-state index in [1.165, 1.54) is 11.1 Å². The van der Waals surface area contributed by atoms with Crippen LogP contribution in [0.2, 0.25) is 0 Å². The van der Waals surface area contributed by atoms with E-state index in [-0.39, 0.29) is 5.91 Å². The Hall–Kier alpha value is -3.47. The third-order valence-corrected chi connectivity index (χ3v) is 4.67. The predicted octanol–water partition coefficient (Wildman–Crippen LogP) is 3.72. The fourth-order valence-electron chi connectivity index (χ4n) is 3.16. The molecular weight excluding hydrogens is 336 g/mol. The number of amides is 1. The van der Waals surface area contributed by atoms with Crippen LogP contribution < -0.4 is 5.32 Å². The van der Waals surface area contributed by atoms with Gasteiger partial charge in [0.1, 0.15) is 5.82 Å². The summed E-state index contributed by atoms with van der Waals surface area (Å²) in [4.78, 5) is 21.1. The molecular formula is C22H20N4O. The molecule has 2 heterocycles. The second-order valence-electron chi connectivity index (χ2n) is 6.45. The SMILES string of the molecule is Cc1ccccc1Cn1c(CNC(=O)c2ccncc2)nc2ccccc21. The highest BCUT2D eigenvalue weighted by molar-refractivity contribution is 5.93. The van der Waals surface area contributed by atoms with Crippen molar-refractivity contribution >= 4 is 16.9 Å². The number of para-hydroxylation sites is 2. The number of rotatable bonds is 5. The highest BCUT2D eigenvalue weighted by Gasteiger charge is 2.13. The third kappa shape index (κ3) is 3.58. The lowest BCUT2D eigenvalue weighted by Gasteiger charge is -2.12. The Morgan fingerprint density at radius 2 is 1.74 bits per heavy atom. The zero-order chi connectivity index (χ0) is 18.6. The number of nitrogens with one attached hydrogen (secondary N) is 1. The molecule has 0 aliphatic carbocycles. The van der Waals surface area contributed by atoms with Crippen molar-refractivity contribution in [1.29, 1.82) is 0 Å². The van der Waals surface area contributed by atoms with Crippen LogP contribution >= 0.6 is 0 Å². The zero-order valence-electron chi connectivity index (χ0n) is 15.1. The predicted molar refractivity (Wildman–Crippen MR) is 105 cm³/mol. The van der Waals surface area contributed by atoms with E-state index in [1.807, 2.05) is 30.3 Å². The highest BCUT2D eigenvalue weighted by Crippen LogP contribution is 2.19. The summed E-state index contributed by atoms with van der Waals surface area (Å²) in [6, 6.07) is 19.8. The van der Waals surface area contributed by atoms with Crippen LogP contribution in [0.25, 0.3) is 11.0 Å². The molecule has 2 aromatic heterocycles. The van der Waals surface area contributed by atoms with Crippen molar-refractivity contribution in [2.24, 2.45) is 0 Å². The third-order valence-electron chi connectivity index (χ3n) is 4.67. The van der Waals surface area contributed by atoms with E-state index in [0.717, 1.165) is 16.9 Å². The van der Waals surface area contributed by atoms with Gasteiger partial charge in [0.25, 0.3) is 5.91 Å². The molecule has 0 aliphatic rings. The van der Waals surface area contributed by atoms with Crippen LogP contribution in [0, 0.1) is 6.92 Å². The van der Waals surface area contributed by atoms with Gasteiger partial charge in [-0.3, -0.25) is 9.78 Å². The monoisotopic (exact) mass is 356 g/mol. The number of aryl methyl sites for hydroxylation is 1. The average molecular weight is 356 g/mol. The van der Waals surface area contributed by atoms with Crippen molar-refractivity contribution < 1.29 is 4.79 Å². The molecule has 1 amide bonds. The number of carbonyl (C=O) groups is 1. The van der Waals surface area contributed by atoms with E-state index in [4.69, 9.17) is 4.98 Å². The van der Waals surface area contributed by atoms with Crippen LogP contribution in [0.15, 0.2) is 73.1 Å². The maximum Gasteiger partial charge on any atom is 0.251 e. The Morgan fingerprint density at radius 3 is 2.56 bits per heavy atom. The van der Waals surface area contributed by atoms with Gasteiger partial charge < -0.3 is 9.88 Å². The van der Waals surface area contributed by atoms with Crippen LogP contribution in [0.3, 0.4) is 0 Å². The van der Waals surface area contributed by atoms with Crippen LogP contribution in [0.1, 0.15) is 27.3 Å². The molecule has 27 heavy (non-hydrogen) atoms. The molecule has 5 heteroatoms. The fraction of sp³-hybridized carbons (Fsp3) is 0.136. The van der Waals surface area contributed by atoms with Gasteiger partial charge in [-0.1, -0.05) is 36.4 Å². The topological polar surface area (TPSA) is 59.8 Å². The Bertz CT molecular complexity index is 1090. The number of nitrogens with zero attached hydrogens (tertiary/aromatic N) is 3. The van der Waals surface area contributed by atoms with E-state index < -0.39 is 0 Å². The normalized spacial score (nSPS) is 10.9. The van der Waals surface area contributed by atoms with Crippen molar-refractivity contribution in [3.05, 3.63) is 95.6 Å². The molecule has 134 valence electrons. The molecule has 0 aliphatic heterocycles. The van der Waals surface area contributed by atoms with E-state index in [0.29, 0.717) is 18.7 Å². The number of hydrogen-bond acceptors (Lipinski definition) is 3. The van der Waals surface area contributed by atoms with Gasteiger partial charge in [0.05, 0.1) is 17.6 Å². The summed E-state index contributed by atoms with van der Waals surface area (Å²) in [5.74, 6) is 0.703. The average Bonchev–Trinajstić information content (AvgIpc) is 3.06. The van der Waals surface area contributed by atoms with Gasteiger partial charge in [-0.05, 0) is 42.3 Å². The summed E-state index contributed by atoms with van der Waals surface area (Å²) in [6.45, 7) is 3.19. The molecule has 0 radical (unpaired) electrons. The summed E-state index contributed by atoms with van der Waals surface area (Å²) in [5.41, 5.74) is 5.06. The van der Waals surface area contributed by atoms with E-state index in [1.54, 1.807) is 24.5 Å². The van der Waals surface area contributed by atoms with E-state index in [2.05, 4.69) is 40.0 Å². The lowest BCUT2D eigenvalue weighted by molar-refractivity contribution is 0.0949. The van der Waals surface area contributed by atoms with Crippen molar-refractivity contribution in [2.45, 2.75) is 20.0 Å². The minimum absolute atomic E-state index is 0.133. The van der Waals surface area contributed by atoms with Gasteiger partial charge >= 0.3 is 0 Å². The molecule has 4 rings (SSSR count).